The van der Waals surface area contributed by atoms with Gasteiger partial charge < -0.3 is 5.11 Å². The number of alkyl halides is 1. The molecule has 0 amide bonds. The Hall–Kier alpha value is -1.02. The van der Waals surface area contributed by atoms with Gasteiger partial charge in [0.05, 0.1) is 5.92 Å². The lowest BCUT2D eigenvalue weighted by Crippen LogP contribution is -2.12. The van der Waals surface area contributed by atoms with Crippen molar-refractivity contribution in [2.24, 2.45) is 0 Å². The maximum Gasteiger partial charge on any atom is 0.312 e. The summed E-state index contributed by atoms with van der Waals surface area (Å²) in [5, 5.41) is 8.74. The van der Waals surface area contributed by atoms with Gasteiger partial charge in [0, 0.05) is 5.88 Å². The van der Waals surface area contributed by atoms with Crippen LogP contribution in [-0.2, 0) is 4.79 Å². The summed E-state index contributed by atoms with van der Waals surface area (Å²) in [6, 6.07) is 8.98. The Morgan fingerprint density at radius 2 is 2.00 bits per heavy atom. The number of benzene rings is 1. The van der Waals surface area contributed by atoms with Crippen molar-refractivity contribution in [3.8, 4) is 0 Å². The van der Waals surface area contributed by atoms with Crippen LogP contribution in [0.2, 0.25) is 0 Å². The van der Waals surface area contributed by atoms with Gasteiger partial charge in [0.1, 0.15) is 0 Å². The highest BCUT2D eigenvalue weighted by Crippen LogP contribution is 2.16. The highest BCUT2D eigenvalue weighted by molar-refractivity contribution is 6.19. The molecule has 1 atom stereocenters. The Kier molecular flexibility index (Phi) is 3.11. The number of rotatable bonds is 3. The van der Waals surface area contributed by atoms with Gasteiger partial charge in [-0.15, -0.1) is 11.6 Å². The average Bonchev–Trinajstić information content (AvgIpc) is 2.07. The van der Waals surface area contributed by atoms with Gasteiger partial charge in [-0.05, 0) is 5.56 Å². The van der Waals surface area contributed by atoms with Crippen molar-refractivity contribution in [3.63, 3.8) is 0 Å². The largest absolute Gasteiger partial charge is 0.481 e. The predicted molar refractivity (Wildman–Crippen MR) is 47.5 cm³/mol. The van der Waals surface area contributed by atoms with E-state index in [4.69, 9.17) is 16.7 Å². The Morgan fingerprint density at radius 1 is 1.42 bits per heavy atom. The van der Waals surface area contributed by atoms with Crippen LogP contribution in [0.3, 0.4) is 0 Å². The fourth-order valence-electron chi connectivity index (χ4n) is 0.983. The molecule has 0 heterocycles. The summed E-state index contributed by atoms with van der Waals surface area (Å²) in [4.78, 5) is 10.6. The quantitative estimate of drug-likeness (QED) is 0.731. The molecule has 0 saturated heterocycles. The van der Waals surface area contributed by atoms with Crippen molar-refractivity contribution in [3.05, 3.63) is 35.9 Å². The van der Waals surface area contributed by atoms with E-state index < -0.39 is 11.9 Å². The van der Waals surface area contributed by atoms with Crippen LogP contribution >= 0.6 is 11.6 Å². The average molecular weight is 185 g/mol. The van der Waals surface area contributed by atoms with E-state index in [1.165, 1.54) is 0 Å². The van der Waals surface area contributed by atoms with Gasteiger partial charge in [0.2, 0.25) is 0 Å². The van der Waals surface area contributed by atoms with Crippen LogP contribution in [0.4, 0.5) is 0 Å². The highest BCUT2D eigenvalue weighted by atomic mass is 35.5. The zero-order chi connectivity index (χ0) is 8.97. The van der Waals surface area contributed by atoms with Crippen molar-refractivity contribution < 1.29 is 9.90 Å². The Morgan fingerprint density at radius 3 is 2.42 bits per heavy atom. The fourth-order valence-corrected chi connectivity index (χ4v) is 1.29. The second kappa shape index (κ2) is 4.12. The SMILES string of the molecule is O=C(O)[C@@H](CCl)c1ccccc1. The van der Waals surface area contributed by atoms with Crippen LogP contribution in [0, 0.1) is 0 Å². The fraction of sp³-hybridized carbons (Fsp3) is 0.222. The zero-order valence-corrected chi connectivity index (χ0v) is 7.16. The molecule has 64 valence electrons. The van der Waals surface area contributed by atoms with E-state index in [0.717, 1.165) is 5.56 Å². The van der Waals surface area contributed by atoms with E-state index in [0.29, 0.717) is 0 Å². The Bertz CT molecular complexity index is 258. The first kappa shape index (κ1) is 9.07. The molecule has 1 aromatic carbocycles. The van der Waals surface area contributed by atoms with Crippen LogP contribution in [0.5, 0.6) is 0 Å². The summed E-state index contributed by atoms with van der Waals surface area (Å²) in [5.74, 6) is -1.36. The van der Waals surface area contributed by atoms with Crippen LogP contribution < -0.4 is 0 Å². The molecule has 1 rings (SSSR count). The monoisotopic (exact) mass is 184 g/mol. The minimum absolute atomic E-state index is 0.110. The third-order valence-corrected chi connectivity index (χ3v) is 1.96. The second-order valence-corrected chi connectivity index (χ2v) is 2.76. The third kappa shape index (κ3) is 1.98. The second-order valence-electron chi connectivity index (χ2n) is 2.46. The van der Waals surface area contributed by atoms with Crippen molar-refractivity contribution in [1.29, 1.82) is 0 Å². The van der Waals surface area contributed by atoms with E-state index in [1.807, 2.05) is 6.07 Å². The van der Waals surface area contributed by atoms with Gasteiger partial charge in [-0.1, -0.05) is 30.3 Å². The maximum absolute atomic E-state index is 10.6. The van der Waals surface area contributed by atoms with Crippen molar-refractivity contribution in [2.75, 3.05) is 5.88 Å². The molecular formula is C9H9ClO2. The Balaban J connectivity index is 2.88. The highest BCUT2D eigenvalue weighted by Gasteiger charge is 2.17. The molecule has 0 radical (unpaired) electrons. The first-order valence-corrected chi connectivity index (χ1v) is 4.13. The lowest BCUT2D eigenvalue weighted by molar-refractivity contribution is -0.138. The molecule has 0 spiro atoms. The lowest BCUT2D eigenvalue weighted by atomic mass is 10.0. The van der Waals surface area contributed by atoms with Crippen molar-refractivity contribution in [1.82, 2.24) is 0 Å². The number of halogens is 1. The number of hydrogen-bond donors (Lipinski definition) is 1. The summed E-state index contributed by atoms with van der Waals surface area (Å²) in [7, 11) is 0. The van der Waals surface area contributed by atoms with Crippen LogP contribution in [0.25, 0.3) is 0 Å². The molecule has 0 aromatic heterocycles. The number of carboxylic acids is 1. The van der Waals surface area contributed by atoms with Crippen LogP contribution in [-0.4, -0.2) is 17.0 Å². The van der Waals surface area contributed by atoms with Gasteiger partial charge in [-0.2, -0.15) is 0 Å². The molecule has 0 fully saturated rings. The number of carbonyl (C=O) groups is 1. The van der Waals surface area contributed by atoms with Gasteiger partial charge in [0.25, 0.3) is 0 Å². The van der Waals surface area contributed by atoms with E-state index in [1.54, 1.807) is 24.3 Å². The molecular weight excluding hydrogens is 176 g/mol. The van der Waals surface area contributed by atoms with E-state index in [9.17, 15) is 4.79 Å². The van der Waals surface area contributed by atoms with Gasteiger partial charge in [-0.3, -0.25) is 4.79 Å². The molecule has 0 saturated carbocycles. The van der Waals surface area contributed by atoms with Crippen LogP contribution in [0.1, 0.15) is 11.5 Å². The normalized spacial score (nSPS) is 12.4. The van der Waals surface area contributed by atoms with E-state index in [-0.39, 0.29) is 5.88 Å². The zero-order valence-electron chi connectivity index (χ0n) is 6.40. The summed E-state index contributed by atoms with van der Waals surface area (Å²) >= 11 is 5.52. The topological polar surface area (TPSA) is 37.3 Å². The number of hydrogen-bond acceptors (Lipinski definition) is 1. The number of aliphatic carboxylic acids is 1. The standard InChI is InChI=1S/C9H9ClO2/c10-6-8(9(11)12)7-4-2-1-3-5-7/h1-5,8H,6H2,(H,11,12)/t8-/m0/s1. The summed E-state index contributed by atoms with van der Waals surface area (Å²) in [5.41, 5.74) is 0.750. The van der Waals surface area contributed by atoms with Gasteiger partial charge in [0.15, 0.2) is 0 Å². The van der Waals surface area contributed by atoms with E-state index >= 15 is 0 Å². The first-order chi connectivity index (χ1) is 5.75. The number of carboxylic acid groups (broad SMARTS) is 1. The van der Waals surface area contributed by atoms with E-state index in [2.05, 4.69) is 0 Å². The third-order valence-electron chi connectivity index (χ3n) is 1.65. The molecule has 0 unspecified atom stereocenters. The van der Waals surface area contributed by atoms with Gasteiger partial charge in [-0.25, -0.2) is 0 Å². The maximum atomic E-state index is 10.6. The summed E-state index contributed by atoms with van der Waals surface area (Å²) in [6.07, 6.45) is 0. The summed E-state index contributed by atoms with van der Waals surface area (Å²) < 4.78 is 0. The van der Waals surface area contributed by atoms with Crippen LogP contribution in [0.15, 0.2) is 30.3 Å². The molecule has 3 heteroatoms. The summed E-state index contributed by atoms with van der Waals surface area (Å²) in [6.45, 7) is 0. The Labute approximate surface area is 75.8 Å². The minimum atomic E-state index is -0.879. The molecule has 0 aliphatic carbocycles. The molecule has 2 nitrogen and oxygen atoms in total. The molecule has 12 heavy (non-hydrogen) atoms. The first-order valence-electron chi connectivity index (χ1n) is 3.59. The molecule has 0 aliphatic heterocycles. The minimum Gasteiger partial charge on any atom is -0.481 e. The lowest BCUT2D eigenvalue weighted by Gasteiger charge is -2.07. The van der Waals surface area contributed by atoms with Crippen molar-refractivity contribution >= 4 is 17.6 Å². The molecule has 1 N–H and O–H groups in total. The predicted octanol–water partition coefficient (Wildman–Crippen LogP) is 2.09. The smallest absolute Gasteiger partial charge is 0.312 e. The molecule has 0 bridgehead atoms. The van der Waals surface area contributed by atoms with Gasteiger partial charge >= 0.3 is 5.97 Å². The molecule has 1 aromatic rings. The molecule has 0 aliphatic rings. The van der Waals surface area contributed by atoms with Crippen molar-refractivity contribution in [2.45, 2.75) is 5.92 Å².